The smallest absolute Gasteiger partial charge is 0.338 e. The number of carbonyl (C=O) groups is 2. The summed E-state index contributed by atoms with van der Waals surface area (Å²) in [5, 5.41) is 2.86. The predicted molar refractivity (Wildman–Crippen MR) is 103 cm³/mol. The second kappa shape index (κ2) is 9.18. The van der Waals surface area contributed by atoms with Gasteiger partial charge in [-0.25, -0.2) is 4.79 Å². The molecule has 1 amide bonds. The molecule has 0 aliphatic rings. The highest BCUT2D eigenvalue weighted by Crippen LogP contribution is 2.14. The standard InChI is InChI=1S/C22H27NO3/c1-4-22(2,3)23-20(24)16-26-21(25)19-13-9-8-12-18(19)15-14-17-10-6-5-7-11-17/h5-13H,4,14-16H2,1-3H3,(H,23,24). The van der Waals surface area contributed by atoms with E-state index >= 15 is 0 Å². The highest BCUT2D eigenvalue weighted by atomic mass is 16.5. The van der Waals surface area contributed by atoms with Crippen LogP contribution in [0.5, 0.6) is 0 Å². The van der Waals surface area contributed by atoms with Crippen molar-refractivity contribution in [2.75, 3.05) is 6.61 Å². The normalized spacial score (nSPS) is 11.0. The lowest BCUT2D eigenvalue weighted by molar-refractivity contribution is -0.125. The second-order valence-electron chi connectivity index (χ2n) is 7.00. The van der Waals surface area contributed by atoms with Crippen LogP contribution >= 0.6 is 0 Å². The molecule has 0 aromatic heterocycles. The molecule has 2 rings (SSSR count). The largest absolute Gasteiger partial charge is 0.452 e. The summed E-state index contributed by atoms with van der Waals surface area (Å²) in [6, 6.07) is 17.5. The van der Waals surface area contributed by atoms with Crippen LogP contribution in [0.4, 0.5) is 0 Å². The fourth-order valence-corrected chi connectivity index (χ4v) is 2.57. The zero-order chi connectivity index (χ0) is 19.0. The summed E-state index contributed by atoms with van der Waals surface area (Å²) in [6.45, 7) is 5.60. The number of ether oxygens (including phenoxy) is 1. The van der Waals surface area contributed by atoms with Crippen molar-refractivity contribution in [3.8, 4) is 0 Å². The van der Waals surface area contributed by atoms with Crippen molar-refractivity contribution in [2.45, 2.75) is 45.6 Å². The van der Waals surface area contributed by atoms with E-state index in [9.17, 15) is 9.59 Å². The van der Waals surface area contributed by atoms with Gasteiger partial charge in [0.25, 0.3) is 5.91 Å². The maximum atomic E-state index is 12.4. The number of amides is 1. The molecule has 0 bridgehead atoms. The van der Waals surface area contributed by atoms with E-state index < -0.39 is 5.97 Å². The monoisotopic (exact) mass is 353 g/mol. The van der Waals surface area contributed by atoms with E-state index in [4.69, 9.17) is 4.74 Å². The quantitative estimate of drug-likeness (QED) is 0.732. The number of carbonyl (C=O) groups excluding carboxylic acids is 2. The van der Waals surface area contributed by atoms with Crippen molar-refractivity contribution in [3.05, 3.63) is 71.3 Å². The molecule has 0 saturated heterocycles. The molecule has 0 heterocycles. The van der Waals surface area contributed by atoms with Crippen molar-refractivity contribution >= 4 is 11.9 Å². The Morgan fingerprint density at radius 3 is 2.31 bits per heavy atom. The summed E-state index contributed by atoms with van der Waals surface area (Å²) >= 11 is 0. The highest BCUT2D eigenvalue weighted by molar-refractivity contribution is 5.92. The van der Waals surface area contributed by atoms with E-state index in [-0.39, 0.29) is 18.1 Å². The Morgan fingerprint density at radius 2 is 1.62 bits per heavy atom. The number of esters is 1. The lowest BCUT2D eigenvalue weighted by atomic mass is 10.00. The van der Waals surface area contributed by atoms with Gasteiger partial charge in [-0.1, -0.05) is 55.5 Å². The second-order valence-corrected chi connectivity index (χ2v) is 7.00. The van der Waals surface area contributed by atoms with Gasteiger partial charge in [0.2, 0.25) is 0 Å². The Bertz CT molecular complexity index is 738. The molecule has 1 N–H and O–H groups in total. The number of nitrogens with one attached hydrogen (secondary N) is 1. The van der Waals surface area contributed by atoms with Gasteiger partial charge < -0.3 is 10.1 Å². The zero-order valence-corrected chi connectivity index (χ0v) is 15.7. The molecule has 0 aliphatic heterocycles. The lowest BCUT2D eigenvalue weighted by Gasteiger charge is -2.24. The molecule has 0 saturated carbocycles. The van der Waals surface area contributed by atoms with Crippen LogP contribution < -0.4 is 5.32 Å². The minimum Gasteiger partial charge on any atom is -0.452 e. The molecule has 26 heavy (non-hydrogen) atoms. The van der Waals surface area contributed by atoms with E-state index in [1.165, 1.54) is 5.56 Å². The van der Waals surface area contributed by atoms with Crippen LogP contribution in [0.15, 0.2) is 54.6 Å². The van der Waals surface area contributed by atoms with Gasteiger partial charge in [0.15, 0.2) is 6.61 Å². The van der Waals surface area contributed by atoms with Crippen molar-refractivity contribution < 1.29 is 14.3 Å². The molecule has 0 radical (unpaired) electrons. The van der Waals surface area contributed by atoms with Crippen LogP contribution in [0.3, 0.4) is 0 Å². The summed E-state index contributed by atoms with van der Waals surface area (Å²) < 4.78 is 5.22. The van der Waals surface area contributed by atoms with Crippen molar-refractivity contribution in [3.63, 3.8) is 0 Å². The molecule has 0 spiro atoms. The predicted octanol–water partition coefficient (Wildman–Crippen LogP) is 3.93. The van der Waals surface area contributed by atoms with Crippen molar-refractivity contribution in [1.29, 1.82) is 0 Å². The van der Waals surface area contributed by atoms with E-state index in [2.05, 4.69) is 17.4 Å². The van der Waals surface area contributed by atoms with Gasteiger partial charge in [0, 0.05) is 5.54 Å². The van der Waals surface area contributed by atoms with E-state index in [1.54, 1.807) is 6.07 Å². The van der Waals surface area contributed by atoms with Gasteiger partial charge in [-0.3, -0.25) is 4.79 Å². The maximum Gasteiger partial charge on any atom is 0.338 e. The van der Waals surface area contributed by atoms with Crippen LogP contribution in [0, 0.1) is 0 Å². The first-order valence-electron chi connectivity index (χ1n) is 9.01. The number of rotatable bonds is 8. The Kier molecular flexibility index (Phi) is 6.96. The third kappa shape index (κ3) is 6.03. The minimum atomic E-state index is -0.460. The molecule has 4 nitrogen and oxygen atoms in total. The minimum absolute atomic E-state index is 0.269. The molecule has 0 atom stereocenters. The maximum absolute atomic E-state index is 12.4. The van der Waals surface area contributed by atoms with Crippen LogP contribution in [-0.4, -0.2) is 24.0 Å². The Labute approximate surface area is 155 Å². The van der Waals surface area contributed by atoms with Gasteiger partial charge >= 0.3 is 5.97 Å². The number of hydrogen-bond acceptors (Lipinski definition) is 3. The highest BCUT2D eigenvalue weighted by Gasteiger charge is 2.19. The molecule has 2 aromatic rings. The third-order valence-corrected chi connectivity index (χ3v) is 4.46. The molecular weight excluding hydrogens is 326 g/mol. The van der Waals surface area contributed by atoms with Gasteiger partial charge in [-0.15, -0.1) is 0 Å². The molecule has 138 valence electrons. The summed E-state index contributed by atoms with van der Waals surface area (Å²) in [6.07, 6.45) is 2.38. The average Bonchev–Trinajstić information content (AvgIpc) is 2.65. The fraction of sp³-hybridized carbons (Fsp3) is 0.364. The Morgan fingerprint density at radius 1 is 0.962 bits per heavy atom. The molecule has 0 aliphatic carbocycles. The summed E-state index contributed by atoms with van der Waals surface area (Å²) in [5.74, 6) is -0.745. The summed E-state index contributed by atoms with van der Waals surface area (Å²) in [5.41, 5.74) is 2.36. The Balaban J connectivity index is 1.95. The van der Waals surface area contributed by atoms with Crippen LogP contribution in [0.25, 0.3) is 0 Å². The SMILES string of the molecule is CCC(C)(C)NC(=O)COC(=O)c1ccccc1CCc1ccccc1. The summed E-state index contributed by atoms with van der Waals surface area (Å²) in [7, 11) is 0. The molecule has 0 fully saturated rings. The van der Waals surface area contributed by atoms with Gasteiger partial charge in [0.1, 0.15) is 0 Å². The molecule has 0 unspecified atom stereocenters. The van der Waals surface area contributed by atoms with E-state index in [1.807, 2.05) is 57.2 Å². The average molecular weight is 353 g/mol. The summed E-state index contributed by atoms with van der Waals surface area (Å²) in [4.78, 5) is 24.4. The van der Waals surface area contributed by atoms with Gasteiger partial charge in [0.05, 0.1) is 5.56 Å². The molecular formula is C22H27NO3. The molecule has 2 aromatic carbocycles. The fourth-order valence-electron chi connectivity index (χ4n) is 2.57. The first kappa shape index (κ1) is 19.7. The van der Waals surface area contributed by atoms with Crippen LogP contribution in [0.2, 0.25) is 0 Å². The molecule has 4 heteroatoms. The van der Waals surface area contributed by atoms with Crippen LogP contribution in [-0.2, 0) is 22.4 Å². The first-order chi connectivity index (χ1) is 12.4. The first-order valence-corrected chi connectivity index (χ1v) is 9.01. The van der Waals surface area contributed by atoms with Gasteiger partial charge in [-0.05, 0) is 50.3 Å². The number of aryl methyl sites for hydroxylation is 2. The number of hydrogen-bond donors (Lipinski definition) is 1. The third-order valence-electron chi connectivity index (χ3n) is 4.46. The Hall–Kier alpha value is -2.62. The van der Waals surface area contributed by atoms with Crippen molar-refractivity contribution in [2.24, 2.45) is 0 Å². The van der Waals surface area contributed by atoms with Gasteiger partial charge in [-0.2, -0.15) is 0 Å². The zero-order valence-electron chi connectivity index (χ0n) is 15.7. The van der Waals surface area contributed by atoms with E-state index in [0.29, 0.717) is 5.56 Å². The number of benzene rings is 2. The van der Waals surface area contributed by atoms with Crippen molar-refractivity contribution in [1.82, 2.24) is 5.32 Å². The topological polar surface area (TPSA) is 55.4 Å². The van der Waals surface area contributed by atoms with E-state index in [0.717, 1.165) is 24.8 Å². The van der Waals surface area contributed by atoms with Crippen LogP contribution in [0.1, 0.15) is 48.7 Å². The lowest BCUT2D eigenvalue weighted by Crippen LogP contribution is -2.44.